The molecule has 1 aliphatic heterocycles. The van der Waals surface area contributed by atoms with Gasteiger partial charge in [-0.3, -0.25) is 4.79 Å². The number of nitrogens with one attached hydrogen (secondary N) is 1. The van der Waals surface area contributed by atoms with E-state index in [1.165, 1.54) is 0 Å². The molecule has 0 aromatic carbocycles. The molecule has 2 N–H and O–H groups in total. The Morgan fingerprint density at radius 2 is 2.31 bits per heavy atom. The van der Waals surface area contributed by atoms with E-state index in [1.807, 2.05) is 0 Å². The van der Waals surface area contributed by atoms with Crippen LogP contribution in [0.25, 0.3) is 0 Å². The predicted molar refractivity (Wildman–Crippen MR) is 59.6 cm³/mol. The van der Waals surface area contributed by atoms with E-state index in [-0.39, 0.29) is 6.42 Å². The van der Waals surface area contributed by atoms with Gasteiger partial charge in [0.05, 0.1) is 19.6 Å². The number of aromatic amines is 1. The molecule has 16 heavy (non-hydrogen) atoms. The van der Waals surface area contributed by atoms with Crippen molar-refractivity contribution < 1.29 is 14.6 Å². The maximum absolute atomic E-state index is 10.9. The summed E-state index contributed by atoms with van der Waals surface area (Å²) in [6.45, 7) is 5.41. The Bertz CT molecular complexity index is 407. The van der Waals surface area contributed by atoms with Gasteiger partial charge in [-0.1, -0.05) is 13.8 Å². The van der Waals surface area contributed by atoms with Gasteiger partial charge in [-0.2, -0.15) is 0 Å². The third-order valence-corrected chi connectivity index (χ3v) is 2.99. The summed E-state index contributed by atoms with van der Waals surface area (Å²) in [4.78, 5) is 14.2. The molecule has 0 unspecified atom stereocenters. The summed E-state index contributed by atoms with van der Waals surface area (Å²) >= 11 is 0. The topological polar surface area (TPSA) is 62.3 Å². The number of rotatable bonds is 3. The average Bonchev–Trinajstić information content (AvgIpc) is 2.57. The number of aromatic nitrogens is 1. The Balaban J connectivity index is 2.44. The maximum atomic E-state index is 10.9. The predicted octanol–water partition coefficient (Wildman–Crippen LogP) is 1.84. The summed E-state index contributed by atoms with van der Waals surface area (Å²) in [5.74, 6) is -0.464. The van der Waals surface area contributed by atoms with Crippen LogP contribution in [0.2, 0.25) is 0 Å². The Morgan fingerprint density at radius 3 is 2.94 bits per heavy atom. The van der Waals surface area contributed by atoms with Crippen molar-refractivity contribution in [1.82, 2.24) is 4.98 Å². The average molecular weight is 223 g/mol. The molecule has 2 rings (SSSR count). The highest BCUT2D eigenvalue weighted by Crippen LogP contribution is 2.29. The third-order valence-electron chi connectivity index (χ3n) is 2.99. The molecule has 0 amide bonds. The van der Waals surface area contributed by atoms with Crippen LogP contribution in [-0.4, -0.2) is 22.7 Å². The van der Waals surface area contributed by atoms with Crippen molar-refractivity contribution in [3.05, 3.63) is 22.5 Å². The zero-order chi connectivity index (χ0) is 11.7. The summed E-state index contributed by atoms with van der Waals surface area (Å²) < 4.78 is 5.40. The number of aliphatic carboxylic acids is 1. The van der Waals surface area contributed by atoms with Crippen molar-refractivity contribution in [3.63, 3.8) is 0 Å². The number of carboxylic acids is 1. The first-order valence-corrected chi connectivity index (χ1v) is 5.61. The first-order valence-electron chi connectivity index (χ1n) is 5.61. The van der Waals surface area contributed by atoms with Crippen LogP contribution in [0, 0.1) is 0 Å². The van der Waals surface area contributed by atoms with Gasteiger partial charge in [-0.25, -0.2) is 0 Å². The molecule has 1 aliphatic rings. The van der Waals surface area contributed by atoms with Gasteiger partial charge < -0.3 is 14.8 Å². The van der Waals surface area contributed by atoms with Crippen LogP contribution >= 0.6 is 0 Å². The summed E-state index contributed by atoms with van der Waals surface area (Å²) in [5, 5.41) is 8.94. The second-order valence-corrected chi connectivity index (χ2v) is 4.50. The van der Waals surface area contributed by atoms with Crippen LogP contribution in [0.15, 0.2) is 0 Å². The molecule has 0 atom stereocenters. The minimum atomic E-state index is -0.783. The van der Waals surface area contributed by atoms with E-state index in [1.54, 1.807) is 0 Å². The van der Waals surface area contributed by atoms with Crippen molar-refractivity contribution >= 4 is 5.97 Å². The Morgan fingerprint density at radius 1 is 1.56 bits per heavy atom. The fourth-order valence-corrected chi connectivity index (χ4v) is 2.24. The second kappa shape index (κ2) is 4.29. The molecule has 0 aliphatic carbocycles. The number of carbonyl (C=O) groups is 1. The van der Waals surface area contributed by atoms with Gasteiger partial charge in [0.2, 0.25) is 0 Å². The molecular formula is C12H17NO3. The van der Waals surface area contributed by atoms with E-state index in [0.717, 1.165) is 35.5 Å². The van der Waals surface area contributed by atoms with Gasteiger partial charge >= 0.3 is 5.97 Å². The van der Waals surface area contributed by atoms with Crippen LogP contribution in [0.5, 0.6) is 0 Å². The summed E-state index contributed by atoms with van der Waals surface area (Å²) in [7, 11) is 0. The summed E-state index contributed by atoms with van der Waals surface area (Å²) in [5.41, 5.74) is 4.21. The lowest BCUT2D eigenvalue weighted by molar-refractivity contribution is -0.136. The molecule has 88 valence electrons. The zero-order valence-electron chi connectivity index (χ0n) is 9.67. The Labute approximate surface area is 94.6 Å². The molecule has 4 heteroatoms. The smallest absolute Gasteiger partial charge is 0.307 e. The third kappa shape index (κ3) is 1.97. The van der Waals surface area contributed by atoms with E-state index in [0.29, 0.717) is 12.5 Å². The molecule has 1 aromatic heterocycles. The van der Waals surface area contributed by atoms with Crippen LogP contribution < -0.4 is 0 Å². The monoisotopic (exact) mass is 223 g/mol. The molecule has 0 bridgehead atoms. The summed E-state index contributed by atoms with van der Waals surface area (Å²) in [6.07, 6.45) is 0.942. The second-order valence-electron chi connectivity index (χ2n) is 4.50. The lowest BCUT2D eigenvalue weighted by Crippen LogP contribution is -2.11. The van der Waals surface area contributed by atoms with Gasteiger partial charge in [0.1, 0.15) is 0 Å². The van der Waals surface area contributed by atoms with E-state index in [2.05, 4.69) is 18.8 Å². The molecule has 1 aromatic rings. The number of hydrogen-bond donors (Lipinski definition) is 2. The van der Waals surface area contributed by atoms with E-state index in [4.69, 9.17) is 9.84 Å². The maximum Gasteiger partial charge on any atom is 0.307 e. The molecule has 2 heterocycles. The fourth-order valence-electron chi connectivity index (χ4n) is 2.24. The van der Waals surface area contributed by atoms with Crippen molar-refractivity contribution in [1.29, 1.82) is 0 Å². The van der Waals surface area contributed by atoms with Gasteiger partial charge in [-0.15, -0.1) is 0 Å². The highest BCUT2D eigenvalue weighted by Gasteiger charge is 2.23. The number of fused-ring (bicyclic) bond motifs is 1. The van der Waals surface area contributed by atoms with Crippen LogP contribution in [-0.2, 0) is 29.0 Å². The molecule has 0 saturated carbocycles. The van der Waals surface area contributed by atoms with Crippen LogP contribution in [0.4, 0.5) is 0 Å². The molecule has 0 radical (unpaired) electrons. The normalized spacial score (nSPS) is 15.2. The largest absolute Gasteiger partial charge is 0.481 e. The van der Waals surface area contributed by atoms with Crippen LogP contribution in [0.3, 0.4) is 0 Å². The van der Waals surface area contributed by atoms with Gasteiger partial charge in [0, 0.05) is 23.4 Å². The molecule has 4 nitrogen and oxygen atoms in total. The SMILES string of the molecule is CC(C)c1[nH]c2c(c1CC(=O)O)COCC2. The fraction of sp³-hybridized carbons (Fsp3) is 0.583. The quantitative estimate of drug-likeness (QED) is 0.821. The van der Waals surface area contributed by atoms with Gasteiger partial charge in [-0.05, 0) is 11.5 Å². The first kappa shape index (κ1) is 11.2. The van der Waals surface area contributed by atoms with Crippen molar-refractivity contribution in [3.8, 4) is 0 Å². The lowest BCUT2D eigenvalue weighted by atomic mass is 9.99. The highest BCUT2D eigenvalue weighted by molar-refractivity contribution is 5.71. The molecule has 0 fully saturated rings. The minimum absolute atomic E-state index is 0.0860. The standard InChI is InChI=1S/C12H17NO3/c1-7(2)12-8(5-11(14)15)9-6-16-4-3-10(9)13-12/h7,13H,3-6H2,1-2H3,(H,14,15). The molecule has 0 spiro atoms. The molecular weight excluding hydrogens is 206 g/mol. The minimum Gasteiger partial charge on any atom is -0.481 e. The Hall–Kier alpha value is -1.29. The Kier molecular flexibility index (Phi) is 3.01. The van der Waals surface area contributed by atoms with Gasteiger partial charge in [0.25, 0.3) is 0 Å². The van der Waals surface area contributed by atoms with Crippen LogP contribution in [0.1, 0.15) is 42.3 Å². The number of carboxylic acid groups (broad SMARTS) is 1. The molecule has 0 saturated heterocycles. The van der Waals surface area contributed by atoms with Gasteiger partial charge in [0.15, 0.2) is 0 Å². The van der Waals surface area contributed by atoms with E-state index >= 15 is 0 Å². The van der Waals surface area contributed by atoms with E-state index in [9.17, 15) is 4.79 Å². The summed E-state index contributed by atoms with van der Waals surface area (Å²) in [6, 6.07) is 0. The van der Waals surface area contributed by atoms with Crippen molar-refractivity contribution in [2.24, 2.45) is 0 Å². The zero-order valence-corrected chi connectivity index (χ0v) is 9.67. The highest BCUT2D eigenvalue weighted by atomic mass is 16.5. The first-order chi connectivity index (χ1) is 7.59. The number of ether oxygens (including phenoxy) is 1. The number of hydrogen-bond acceptors (Lipinski definition) is 2. The number of H-pyrrole nitrogens is 1. The van der Waals surface area contributed by atoms with E-state index < -0.39 is 5.97 Å². The lowest BCUT2D eigenvalue weighted by Gasteiger charge is -2.13. The van der Waals surface area contributed by atoms with Crippen molar-refractivity contribution in [2.75, 3.05) is 6.61 Å². The van der Waals surface area contributed by atoms with Crippen molar-refractivity contribution in [2.45, 2.75) is 39.2 Å².